The summed E-state index contributed by atoms with van der Waals surface area (Å²) in [5.41, 5.74) is 1.61. The zero-order valence-electron chi connectivity index (χ0n) is 15.9. The average molecular weight is 404 g/mol. The fourth-order valence-electron chi connectivity index (χ4n) is 2.50. The molecule has 2 rings (SSSR count). The Kier molecular flexibility index (Phi) is 7.54. The van der Waals surface area contributed by atoms with E-state index in [1.807, 2.05) is 0 Å². The van der Waals surface area contributed by atoms with Crippen molar-refractivity contribution >= 4 is 40.6 Å². The summed E-state index contributed by atoms with van der Waals surface area (Å²) in [6, 6.07) is 11.5. The van der Waals surface area contributed by atoms with Crippen molar-refractivity contribution in [1.29, 1.82) is 0 Å². The Labute approximate surface area is 168 Å². The van der Waals surface area contributed by atoms with Crippen molar-refractivity contribution in [1.82, 2.24) is 4.90 Å². The molecule has 0 heterocycles. The predicted molar refractivity (Wildman–Crippen MR) is 109 cm³/mol. The number of amides is 2. The number of halogens is 1. The molecule has 7 nitrogen and oxygen atoms in total. The highest BCUT2D eigenvalue weighted by atomic mass is 35.5. The number of ketones is 1. The van der Waals surface area contributed by atoms with Crippen LogP contribution in [0.2, 0.25) is 5.02 Å². The molecule has 0 spiro atoms. The SMILES string of the molecule is COc1ccc(Cl)cc1NC(=O)CN(C)CC(=O)Nc1ccc(C(C)=O)cc1. The summed E-state index contributed by atoms with van der Waals surface area (Å²) in [5, 5.41) is 5.92. The molecule has 148 valence electrons. The molecule has 2 amide bonds. The van der Waals surface area contributed by atoms with Crippen LogP contribution in [0, 0.1) is 0 Å². The van der Waals surface area contributed by atoms with E-state index in [1.54, 1.807) is 54.4 Å². The monoisotopic (exact) mass is 403 g/mol. The first-order valence-corrected chi connectivity index (χ1v) is 8.89. The molecule has 0 fully saturated rings. The van der Waals surface area contributed by atoms with E-state index >= 15 is 0 Å². The van der Waals surface area contributed by atoms with Gasteiger partial charge in [-0.15, -0.1) is 0 Å². The van der Waals surface area contributed by atoms with E-state index in [2.05, 4.69) is 10.6 Å². The van der Waals surface area contributed by atoms with Crippen molar-refractivity contribution in [3.63, 3.8) is 0 Å². The number of hydrogen-bond acceptors (Lipinski definition) is 5. The standard InChI is InChI=1S/C20H22ClN3O4/c1-13(25)14-4-7-16(8-5-14)22-19(26)11-24(2)12-20(27)23-17-10-15(21)6-9-18(17)28-3/h4-10H,11-12H2,1-3H3,(H,22,26)(H,23,27). The Bertz CT molecular complexity index is 868. The van der Waals surface area contributed by atoms with E-state index < -0.39 is 0 Å². The van der Waals surface area contributed by atoms with E-state index in [0.717, 1.165) is 0 Å². The maximum Gasteiger partial charge on any atom is 0.238 e. The molecule has 0 aliphatic rings. The average Bonchev–Trinajstić information content (AvgIpc) is 2.61. The van der Waals surface area contributed by atoms with Gasteiger partial charge in [0.05, 0.1) is 25.9 Å². The number of carbonyl (C=O) groups excluding carboxylic acids is 3. The number of methoxy groups -OCH3 is 1. The number of carbonyl (C=O) groups is 3. The zero-order valence-corrected chi connectivity index (χ0v) is 16.7. The van der Waals surface area contributed by atoms with Crippen LogP contribution in [0.3, 0.4) is 0 Å². The molecule has 0 saturated carbocycles. The van der Waals surface area contributed by atoms with Gasteiger partial charge in [0, 0.05) is 16.3 Å². The van der Waals surface area contributed by atoms with Gasteiger partial charge in [-0.05, 0) is 56.4 Å². The van der Waals surface area contributed by atoms with E-state index in [0.29, 0.717) is 27.7 Å². The Morgan fingerprint density at radius 2 is 1.61 bits per heavy atom. The predicted octanol–water partition coefficient (Wildman–Crippen LogP) is 3.06. The third-order valence-corrected chi connectivity index (χ3v) is 4.07. The molecule has 28 heavy (non-hydrogen) atoms. The molecule has 0 radical (unpaired) electrons. The largest absolute Gasteiger partial charge is 0.495 e. The van der Waals surface area contributed by atoms with Crippen LogP contribution >= 0.6 is 11.6 Å². The number of benzene rings is 2. The van der Waals surface area contributed by atoms with Gasteiger partial charge in [0.25, 0.3) is 0 Å². The first-order valence-electron chi connectivity index (χ1n) is 8.51. The molecule has 0 atom stereocenters. The fraction of sp³-hybridized carbons (Fsp3) is 0.250. The summed E-state index contributed by atoms with van der Waals surface area (Å²) >= 11 is 5.95. The zero-order chi connectivity index (χ0) is 20.7. The van der Waals surface area contributed by atoms with Gasteiger partial charge >= 0.3 is 0 Å². The van der Waals surface area contributed by atoms with Crippen molar-refractivity contribution in [3.8, 4) is 5.75 Å². The Balaban J connectivity index is 1.86. The van der Waals surface area contributed by atoms with Crippen LogP contribution in [0.4, 0.5) is 11.4 Å². The lowest BCUT2D eigenvalue weighted by atomic mass is 10.1. The lowest BCUT2D eigenvalue weighted by Gasteiger charge is -2.17. The summed E-state index contributed by atoms with van der Waals surface area (Å²) in [6.45, 7) is 1.51. The number of likely N-dealkylation sites (N-methyl/N-ethyl adjacent to an activating group) is 1. The van der Waals surface area contributed by atoms with Gasteiger partial charge in [-0.25, -0.2) is 0 Å². The quantitative estimate of drug-likeness (QED) is 0.661. The minimum Gasteiger partial charge on any atom is -0.495 e. The molecule has 0 aliphatic heterocycles. The highest BCUT2D eigenvalue weighted by Gasteiger charge is 2.13. The van der Waals surface area contributed by atoms with E-state index in [1.165, 1.54) is 14.0 Å². The fourth-order valence-corrected chi connectivity index (χ4v) is 2.67. The topological polar surface area (TPSA) is 87.7 Å². The lowest BCUT2D eigenvalue weighted by molar-refractivity contribution is -0.119. The lowest BCUT2D eigenvalue weighted by Crippen LogP contribution is -2.36. The van der Waals surface area contributed by atoms with Crippen molar-refractivity contribution in [3.05, 3.63) is 53.1 Å². The smallest absolute Gasteiger partial charge is 0.238 e. The third-order valence-electron chi connectivity index (χ3n) is 3.84. The number of anilines is 2. The number of rotatable bonds is 8. The molecular weight excluding hydrogens is 382 g/mol. The Hall–Kier alpha value is -2.90. The van der Waals surface area contributed by atoms with Gasteiger partial charge in [0.2, 0.25) is 11.8 Å². The minimum atomic E-state index is -0.304. The van der Waals surface area contributed by atoms with Crippen molar-refractivity contribution in [2.75, 3.05) is 37.9 Å². The van der Waals surface area contributed by atoms with Gasteiger partial charge in [0.1, 0.15) is 5.75 Å². The molecule has 0 saturated heterocycles. The number of nitrogens with one attached hydrogen (secondary N) is 2. The summed E-state index contributed by atoms with van der Waals surface area (Å²) in [4.78, 5) is 37.2. The Morgan fingerprint density at radius 1 is 1.00 bits per heavy atom. The Morgan fingerprint density at radius 3 is 2.18 bits per heavy atom. The summed E-state index contributed by atoms with van der Waals surface area (Å²) in [6.07, 6.45) is 0. The number of hydrogen-bond donors (Lipinski definition) is 2. The molecule has 2 N–H and O–H groups in total. The molecule has 2 aromatic carbocycles. The molecule has 0 aromatic heterocycles. The van der Waals surface area contributed by atoms with Crippen LogP contribution in [0.1, 0.15) is 17.3 Å². The third kappa shape index (κ3) is 6.37. The summed E-state index contributed by atoms with van der Waals surface area (Å²) in [5.74, 6) is -0.125. The van der Waals surface area contributed by atoms with E-state index in [9.17, 15) is 14.4 Å². The van der Waals surface area contributed by atoms with E-state index in [4.69, 9.17) is 16.3 Å². The highest BCUT2D eigenvalue weighted by Crippen LogP contribution is 2.27. The molecule has 2 aromatic rings. The molecule has 0 unspecified atom stereocenters. The van der Waals surface area contributed by atoms with Crippen LogP contribution in [-0.2, 0) is 9.59 Å². The van der Waals surface area contributed by atoms with Crippen LogP contribution in [0.25, 0.3) is 0 Å². The van der Waals surface area contributed by atoms with Gasteiger partial charge < -0.3 is 15.4 Å². The summed E-state index contributed by atoms with van der Waals surface area (Å²) in [7, 11) is 3.16. The molecule has 8 heteroatoms. The minimum absolute atomic E-state index is 0.00631. The molecule has 0 aliphatic carbocycles. The van der Waals surface area contributed by atoms with Gasteiger partial charge in [-0.1, -0.05) is 11.6 Å². The summed E-state index contributed by atoms with van der Waals surface area (Å²) < 4.78 is 5.19. The van der Waals surface area contributed by atoms with Gasteiger partial charge in [-0.2, -0.15) is 0 Å². The van der Waals surface area contributed by atoms with Crippen molar-refractivity contribution in [2.45, 2.75) is 6.92 Å². The molecule has 0 bridgehead atoms. The van der Waals surface area contributed by atoms with Crippen LogP contribution in [0.15, 0.2) is 42.5 Å². The second kappa shape index (κ2) is 9.87. The maximum atomic E-state index is 12.2. The van der Waals surface area contributed by atoms with E-state index in [-0.39, 0.29) is 30.7 Å². The van der Waals surface area contributed by atoms with Gasteiger partial charge in [0.15, 0.2) is 5.78 Å². The number of nitrogens with zero attached hydrogens (tertiary/aromatic N) is 1. The highest BCUT2D eigenvalue weighted by molar-refractivity contribution is 6.31. The number of ether oxygens (including phenoxy) is 1. The van der Waals surface area contributed by atoms with Crippen LogP contribution < -0.4 is 15.4 Å². The first-order chi connectivity index (χ1) is 13.3. The van der Waals surface area contributed by atoms with Crippen molar-refractivity contribution in [2.24, 2.45) is 0 Å². The second-order valence-corrected chi connectivity index (χ2v) is 6.68. The van der Waals surface area contributed by atoms with Crippen LogP contribution in [0.5, 0.6) is 5.75 Å². The van der Waals surface area contributed by atoms with Gasteiger partial charge in [-0.3, -0.25) is 19.3 Å². The molecular formula is C20H22ClN3O4. The number of Topliss-reactive ketones (excluding diaryl/α,β-unsaturated/α-hetero) is 1. The normalized spacial score (nSPS) is 10.5. The van der Waals surface area contributed by atoms with Crippen LogP contribution in [-0.4, -0.2) is 49.7 Å². The first kappa shape index (κ1) is 21.4. The second-order valence-electron chi connectivity index (χ2n) is 6.25. The van der Waals surface area contributed by atoms with Crippen molar-refractivity contribution < 1.29 is 19.1 Å². The maximum absolute atomic E-state index is 12.2.